The number of hydrogen-bond donors (Lipinski definition) is 0. The zero-order valence-corrected chi connectivity index (χ0v) is 11.5. The SMILES string of the molecule is CN(/C(=C/C=O)c1ccccc1)c1cccc([N+](=O)[O-])c1. The molecule has 0 atom stereocenters. The molecule has 0 saturated heterocycles. The van der Waals surface area contributed by atoms with Gasteiger partial charge < -0.3 is 4.90 Å². The summed E-state index contributed by atoms with van der Waals surface area (Å²) >= 11 is 0. The number of benzene rings is 2. The molecular formula is C16H14N2O3. The quantitative estimate of drug-likeness (QED) is 0.365. The van der Waals surface area contributed by atoms with Gasteiger partial charge in [0, 0.05) is 30.9 Å². The van der Waals surface area contributed by atoms with E-state index in [0.29, 0.717) is 17.7 Å². The molecule has 0 aliphatic heterocycles. The lowest BCUT2D eigenvalue weighted by Gasteiger charge is -2.22. The number of rotatable bonds is 5. The van der Waals surface area contributed by atoms with E-state index in [-0.39, 0.29) is 5.69 Å². The van der Waals surface area contributed by atoms with Gasteiger partial charge >= 0.3 is 0 Å². The lowest BCUT2D eigenvalue weighted by molar-refractivity contribution is -0.384. The van der Waals surface area contributed by atoms with Crippen molar-refractivity contribution in [2.45, 2.75) is 0 Å². The summed E-state index contributed by atoms with van der Waals surface area (Å²) in [4.78, 5) is 23.1. The molecule has 21 heavy (non-hydrogen) atoms. The van der Waals surface area contributed by atoms with Crippen molar-refractivity contribution >= 4 is 23.4 Å². The minimum Gasteiger partial charge on any atom is -0.344 e. The molecule has 106 valence electrons. The third-order valence-corrected chi connectivity index (χ3v) is 3.08. The fraction of sp³-hybridized carbons (Fsp3) is 0.0625. The number of allylic oxidation sites excluding steroid dienone is 1. The minimum atomic E-state index is -0.441. The molecule has 0 N–H and O–H groups in total. The maximum Gasteiger partial charge on any atom is 0.271 e. The first kappa shape index (κ1) is 14.5. The Morgan fingerprint density at radius 2 is 1.86 bits per heavy atom. The summed E-state index contributed by atoms with van der Waals surface area (Å²) < 4.78 is 0. The van der Waals surface area contributed by atoms with Crippen LogP contribution in [0.3, 0.4) is 0 Å². The van der Waals surface area contributed by atoms with Crippen molar-refractivity contribution < 1.29 is 9.72 Å². The van der Waals surface area contributed by atoms with Gasteiger partial charge in [-0.15, -0.1) is 0 Å². The lowest BCUT2D eigenvalue weighted by atomic mass is 10.1. The normalized spacial score (nSPS) is 11.0. The van der Waals surface area contributed by atoms with Crippen LogP contribution in [0.15, 0.2) is 60.7 Å². The summed E-state index contributed by atoms with van der Waals surface area (Å²) in [6, 6.07) is 15.7. The molecule has 2 aromatic rings. The van der Waals surface area contributed by atoms with Gasteiger partial charge in [-0.05, 0) is 11.6 Å². The molecule has 0 saturated carbocycles. The van der Waals surface area contributed by atoms with Crippen LogP contribution in [0, 0.1) is 10.1 Å². The number of nitro benzene ring substituents is 1. The second-order valence-corrected chi connectivity index (χ2v) is 4.39. The van der Waals surface area contributed by atoms with Crippen LogP contribution in [0.2, 0.25) is 0 Å². The fourth-order valence-corrected chi connectivity index (χ4v) is 2.03. The van der Waals surface area contributed by atoms with Crippen molar-refractivity contribution in [1.29, 1.82) is 0 Å². The Bertz CT molecular complexity index is 681. The smallest absolute Gasteiger partial charge is 0.271 e. The highest BCUT2D eigenvalue weighted by atomic mass is 16.6. The predicted molar refractivity (Wildman–Crippen MR) is 82.0 cm³/mol. The first-order chi connectivity index (χ1) is 10.1. The van der Waals surface area contributed by atoms with E-state index in [9.17, 15) is 14.9 Å². The fourth-order valence-electron chi connectivity index (χ4n) is 2.03. The maximum atomic E-state index is 10.9. The number of nitro groups is 1. The lowest BCUT2D eigenvalue weighted by Crippen LogP contribution is -2.15. The third kappa shape index (κ3) is 3.33. The monoisotopic (exact) mass is 282 g/mol. The van der Waals surface area contributed by atoms with Gasteiger partial charge in [0.2, 0.25) is 0 Å². The van der Waals surface area contributed by atoms with Crippen LogP contribution in [0.5, 0.6) is 0 Å². The van der Waals surface area contributed by atoms with E-state index in [1.54, 1.807) is 24.1 Å². The Hall–Kier alpha value is -2.95. The predicted octanol–water partition coefficient (Wildman–Crippen LogP) is 3.27. The number of hydrogen-bond acceptors (Lipinski definition) is 4. The van der Waals surface area contributed by atoms with E-state index in [1.807, 2.05) is 30.3 Å². The molecule has 0 bridgehead atoms. The average molecular weight is 282 g/mol. The highest BCUT2D eigenvalue weighted by molar-refractivity contribution is 5.88. The van der Waals surface area contributed by atoms with Gasteiger partial charge in [0.1, 0.15) is 6.29 Å². The Balaban J connectivity index is 2.42. The van der Waals surface area contributed by atoms with Crippen LogP contribution in [0.25, 0.3) is 5.70 Å². The summed E-state index contributed by atoms with van der Waals surface area (Å²) in [7, 11) is 1.77. The van der Waals surface area contributed by atoms with E-state index in [4.69, 9.17) is 0 Å². The summed E-state index contributed by atoms with van der Waals surface area (Å²) in [5.41, 5.74) is 2.18. The van der Waals surface area contributed by atoms with Crippen LogP contribution >= 0.6 is 0 Å². The van der Waals surface area contributed by atoms with Gasteiger partial charge in [-0.2, -0.15) is 0 Å². The van der Waals surface area contributed by atoms with Crippen molar-refractivity contribution in [3.05, 3.63) is 76.4 Å². The highest BCUT2D eigenvalue weighted by Crippen LogP contribution is 2.27. The Morgan fingerprint density at radius 1 is 1.14 bits per heavy atom. The molecule has 2 rings (SSSR count). The molecule has 0 heterocycles. The molecule has 0 spiro atoms. The van der Waals surface area contributed by atoms with Gasteiger partial charge in [-0.1, -0.05) is 36.4 Å². The molecule has 0 amide bonds. The van der Waals surface area contributed by atoms with Crippen LogP contribution in [-0.2, 0) is 4.79 Å². The van der Waals surface area contributed by atoms with Crippen molar-refractivity contribution in [3.63, 3.8) is 0 Å². The van der Waals surface area contributed by atoms with E-state index in [0.717, 1.165) is 5.56 Å². The Labute approximate surface area is 122 Å². The van der Waals surface area contributed by atoms with Crippen LogP contribution in [0.1, 0.15) is 5.56 Å². The highest BCUT2D eigenvalue weighted by Gasteiger charge is 2.12. The topological polar surface area (TPSA) is 63.5 Å². The molecule has 0 radical (unpaired) electrons. The van der Waals surface area contributed by atoms with Crippen molar-refractivity contribution in [2.24, 2.45) is 0 Å². The number of anilines is 1. The zero-order valence-electron chi connectivity index (χ0n) is 11.5. The van der Waals surface area contributed by atoms with Gasteiger partial charge in [-0.3, -0.25) is 14.9 Å². The summed E-state index contributed by atoms with van der Waals surface area (Å²) in [6.07, 6.45) is 2.14. The number of aldehydes is 1. The van der Waals surface area contributed by atoms with Crippen LogP contribution in [-0.4, -0.2) is 18.3 Å². The molecule has 5 heteroatoms. The standard InChI is InChI=1S/C16H14N2O3/c1-17(14-8-5-9-15(12-14)18(20)21)16(10-11-19)13-6-3-2-4-7-13/h2-12H,1H3/b16-10+. The summed E-state index contributed by atoms with van der Waals surface area (Å²) in [5, 5.41) is 10.9. The van der Waals surface area contributed by atoms with Gasteiger partial charge in [0.05, 0.1) is 10.6 Å². The van der Waals surface area contributed by atoms with Crippen molar-refractivity contribution in [2.75, 3.05) is 11.9 Å². The van der Waals surface area contributed by atoms with Crippen LogP contribution in [0.4, 0.5) is 11.4 Å². The second kappa shape index (κ2) is 6.47. The zero-order chi connectivity index (χ0) is 15.2. The van der Waals surface area contributed by atoms with E-state index in [1.165, 1.54) is 18.2 Å². The van der Waals surface area contributed by atoms with E-state index in [2.05, 4.69) is 0 Å². The summed E-state index contributed by atoms with van der Waals surface area (Å²) in [6.45, 7) is 0. The molecular weight excluding hydrogens is 268 g/mol. The molecule has 2 aromatic carbocycles. The molecule has 0 aliphatic carbocycles. The molecule has 0 fully saturated rings. The first-order valence-corrected chi connectivity index (χ1v) is 6.32. The largest absolute Gasteiger partial charge is 0.344 e. The van der Waals surface area contributed by atoms with Crippen molar-refractivity contribution in [3.8, 4) is 0 Å². The van der Waals surface area contributed by atoms with Gasteiger partial charge in [-0.25, -0.2) is 0 Å². The number of non-ortho nitro benzene ring substituents is 1. The van der Waals surface area contributed by atoms with E-state index < -0.39 is 4.92 Å². The van der Waals surface area contributed by atoms with E-state index >= 15 is 0 Å². The molecule has 0 unspecified atom stereocenters. The first-order valence-electron chi connectivity index (χ1n) is 6.32. The molecule has 0 aliphatic rings. The molecule has 0 aromatic heterocycles. The molecule has 5 nitrogen and oxygen atoms in total. The Kier molecular flexibility index (Phi) is 4.46. The number of nitrogens with zero attached hydrogens (tertiary/aromatic N) is 2. The Morgan fingerprint density at radius 3 is 2.48 bits per heavy atom. The van der Waals surface area contributed by atoms with Gasteiger partial charge in [0.15, 0.2) is 0 Å². The average Bonchev–Trinajstić information content (AvgIpc) is 2.53. The number of carbonyl (C=O) groups excluding carboxylic acids is 1. The van der Waals surface area contributed by atoms with Gasteiger partial charge in [0.25, 0.3) is 5.69 Å². The number of carbonyl (C=O) groups is 1. The third-order valence-electron chi connectivity index (χ3n) is 3.08. The van der Waals surface area contributed by atoms with Crippen LogP contribution < -0.4 is 4.90 Å². The summed E-state index contributed by atoms with van der Waals surface area (Å²) in [5.74, 6) is 0. The maximum absolute atomic E-state index is 10.9. The minimum absolute atomic E-state index is 0.0119. The second-order valence-electron chi connectivity index (χ2n) is 4.39. The van der Waals surface area contributed by atoms with Crippen molar-refractivity contribution in [1.82, 2.24) is 0 Å².